The van der Waals surface area contributed by atoms with Crippen LogP contribution in [0.4, 0.5) is 17.1 Å². The van der Waals surface area contributed by atoms with Crippen LogP contribution in [-0.4, -0.2) is 0 Å². The monoisotopic (exact) mass is 831 g/mol. The van der Waals surface area contributed by atoms with Crippen molar-refractivity contribution in [2.75, 3.05) is 4.90 Å². The molecule has 0 unspecified atom stereocenters. The van der Waals surface area contributed by atoms with E-state index in [1.807, 2.05) is 0 Å². The first-order valence-corrected chi connectivity index (χ1v) is 22.7. The number of para-hydroxylation sites is 1. The molecule has 9 aromatic rings. The van der Waals surface area contributed by atoms with Gasteiger partial charge < -0.3 is 14.4 Å². The Labute approximate surface area is 378 Å². The second-order valence-corrected chi connectivity index (χ2v) is 17.8. The molecule has 1 heterocycles. The summed E-state index contributed by atoms with van der Waals surface area (Å²) in [4.78, 5) is 2.35. The Morgan fingerprint density at radius 3 is 1.57 bits per heavy atom. The van der Waals surface area contributed by atoms with E-state index in [4.69, 9.17) is 9.47 Å². The molecule has 5 aliphatic rings. The number of rotatable bonds is 5. The highest BCUT2D eigenvalue weighted by molar-refractivity contribution is 5.97. The molecule has 4 aliphatic carbocycles. The van der Waals surface area contributed by atoms with Crippen molar-refractivity contribution < 1.29 is 9.47 Å². The highest BCUT2D eigenvalue weighted by Gasteiger charge is 2.52. The molecule has 0 bridgehead atoms. The van der Waals surface area contributed by atoms with Crippen molar-refractivity contribution in [2.24, 2.45) is 0 Å². The third-order valence-electron chi connectivity index (χ3n) is 14.7. The van der Waals surface area contributed by atoms with Crippen molar-refractivity contribution in [1.82, 2.24) is 0 Å². The van der Waals surface area contributed by atoms with Crippen LogP contribution in [0.5, 0.6) is 23.0 Å². The van der Waals surface area contributed by atoms with Crippen molar-refractivity contribution in [3.05, 3.63) is 275 Å². The van der Waals surface area contributed by atoms with Crippen molar-refractivity contribution in [3.63, 3.8) is 0 Å². The SMILES string of the molecule is C1=CC2=C(CC1)C(c1ccccc1)(c1ccccc1)c1ccc3c(c12)Oc1ccc(N(c2ccccc2)c2ccc4c(c2)C2(c5ccccc5-c5ccccc52)c2ccccc2-4)cc1O3. The fourth-order valence-electron chi connectivity index (χ4n) is 12.3. The number of ether oxygens (including phenoxy) is 2. The number of anilines is 3. The average Bonchev–Trinajstić information content (AvgIpc) is 3.97. The van der Waals surface area contributed by atoms with E-state index in [0.29, 0.717) is 11.5 Å². The van der Waals surface area contributed by atoms with Crippen molar-refractivity contribution >= 4 is 22.6 Å². The van der Waals surface area contributed by atoms with Crippen LogP contribution < -0.4 is 14.4 Å². The minimum Gasteiger partial charge on any atom is -0.449 e. The maximum Gasteiger partial charge on any atom is 0.178 e. The summed E-state index contributed by atoms with van der Waals surface area (Å²) in [6.45, 7) is 0. The number of nitrogens with zero attached hydrogens (tertiary/aromatic N) is 1. The third-order valence-corrected chi connectivity index (χ3v) is 14.7. The van der Waals surface area contributed by atoms with Gasteiger partial charge in [-0.05, 0) is 128 Å². The molecule has 0 aromatic heterocycles. The Morgan fingerprint density at radius 2 is 0.923 bits per heavy atom. The minimum atomic E-state index is -0.449. The fraction of sp³-hybridized carbons (Fsp3) is 0.0645. The van der Waals surface area contributed by atoms with Crippen molar-refractivity contribution in [1.29, 1.82) is 0 Å². The number of hydrogen-bond donors (Lipinski definition) is 0. The van der Waals surface area contributed by atoms with Gasteiger partial charge in [0, 0.05) is 23.0 Å². The molecule has 65 heavy (non-hydrogen) atoms. The summed E-state index contributed by atoms with van der Waals surface area (Å²) in [5.74, 6) is 2.88. The van der Waals surface area contributed by atoms with E-state index in [1.54, 1.807) is 0 Å². The topological polar surface area (TPSA) is 21.7 Å². The van der Waals surface area contributed by atoms with Gasteiger partial charge in [0.25, 0.3) is 0 Å². The number of allylic oxidation sites excluding steroid dienone is 4. The molecule has 306 valence electrons. The standard InChI is InChI=1S/C62H41NO2/c1-4-18-40(19-5-1)61(41-20-6-2-7-21-41)53-31-17-13-27-49(53)59-54(61)35-37-57-60(59)65-56-36-33-44(39-58(56)64-57)63(42-22-8-3-9-23-42)43-32-34-48-47-26-12-16-30-52(47)62(55(48)38-43)50-28-14-10-24-45(50)46-25-11-15-29-51(46)62/h1-16,18-30,32-39H,17,31H2. The van der Waals surface area contributed by atoms with Gasteiger partial charge in [-0.25, -0.2) is 0 Å². The third kappa shape index (κ3) is 4.85. The summed E-state index contributed by atoms with van der Waals surface area (Å²) in [7, 11) is 0. The van der Waals surface area contributed by atoms with Crippen molar-refractivity contribution in [3.8, 4) is 45.3 Å². The zero-order valence-electron chi connectivity index (χ0n) is 35.5. The molecule has 1 aliphatic heterocycles. The summed E-state index contributed by atoms with van der Waals surface area (Å²) < 4.78 is 14.1. The maximum atomic E-state index is 7.10. The largest absolute Gasteiger partial charge is 0.449 e. The van der Waals surface area contributed by atoms with Gasteiger partial charge in [-0.3, -0.25) is 0 Å². The molecule has 3 heteroatoms. The first kappa shape index (κ1) is 36.4. The van der Waals surface area contributed by atoms with Gasteiger partial charge in [-0.2, -0.15) is 0 Å². The molecule has 0 amide bonds. The highest BCUT2D eigenvalue weighted by atomic mass is 16.6. The van der Waals surface area contributed by atoms with E-state index in [-0.39, 0.29) is 0 Å². The number of fused-ring (bicyclic) bond motifs is 15. The number of hydrogen-bond acceptors (Lipinski definition) is 3. The van der Waals surface area contributed by atoms with Crippen LogP contribution in [0, 0.1) is 0 Å². The predicted molar refractivity (Wildman–Crippen MR) is 262 cm³/mol. The van der Waals surface area contributed by atoms with Crippen LogP contribution in [-0.2, 0) is 10.8 Å². The molecule has 9 aromatic carbocycles. The molecule has 0 saturated heterocycles. The van der Waals surface area contributed by atoms with Gasteiger partial charge >= 0.3 is 0 Å². The second kappa shape index (κ2) is 13.7. The van der Waals surface area contributed by atoms with E-state index in [1.165, 1.54) is 72.3 Å². The average molecular weight is 832 g/mol. The van der Waals surface area contributed by atoms with Crippen molar-refractivity contribution in [2.45, 2.75) is 23.7 Å². The minimum absolute atomic E-state index is 0.449. The lowest BCUT2D eigenvalue weighted by molar-refractivity contribution is 0.358. The summed E-state index contributed by atoms with van der Waals surface area (Å²) in [5, 5.41) is 0. The summed E-state index contributed by atoms with van der Waals surface area (Å²) in [6, 6.07) is 77.4. The summed E-state index contributed by atoms with van der Waals surface area (Å²) in [5.41, 5.74) is 20.2. The summed E-state index contributed by atoms with van der Waals surface area (Å²) in [6.07, 6.45) is 6.58. The van der Waals surface area contributed by atoms with Crippen LogP contribution in [0.15, 0.2) is 230 Å². The molecule has 0 fully saturated rings. The maximum absolute atomic E-state index is 7.10. The van der Waals surface area contributed by atoms with Crippen LogP contribution in [0.25, 0.3) is 27.8 Å². The Morgan fingerprint density at radius 1 is 0.385 bits per heavy atom. The van der Waals surface area contributed by atoms with Crippen LogP contribution >= 0.6 is 0 Å². The molecule has 0 N–H and O–H groups in total. The van der Waals surface area contributed by atoms with Gasteiger partial charge in [0.15, 0.2) is 23.0 Å². The lowest BCUT2D eigenvalue weighted by Crippen LogP contribution is -2.30. The van der Waals surface area contributed by atoms with Gasteiger partial charge in [0.05, 0.1) is 16.5 Å². The van der Waals surface area contributed by atoms with Crippen LogP contribution in [0.1, 0.15) is 57.3 Å². The lowest BCUT2D eigenvalue weighted by Gasteiger charge is -2.36. The van der Waals surface area contributed by atoms with E-state index in [0.717, 1.165) is 47.0 Å². The number of benzene rings is 9. The highest BCUT2D eigenvalue weighted by Crippen LogP contribution is 2.65. The van der Waals surface area contributed by atoms with Gasteiger partial charge in [-0.15, -0.1) is 0 Å². The van der Waals surface area contributed by atoms with E-state index in [2.05, 4.69) is 229 Å². The Kier molecular flexibility index (Phi) is 7.65. The quantitative estimate of drug-likeness (QED) is 0.172. The Bertz CT molecular complexity index is 3390. The second-order valence-electron chi connectivity index (χ2n) is 17.8. The van der Waals surface area contributed by atoms with Gasteiger partial charge in [-0.1, -0.05) is 176 Å². The Hall–Kier alpha value is -8.14. The summed E-state index contributed by atoms with van der Waals surface area (Å²) >= 11 is 0. The van der Waals surface area contributed by atoms with Crippen LogP contribution in [0.2, 0.25) is 0 Å². The lowest BCUT2D eigenvalue weighted by atomic mass is 9.65. The molecule has 0 saturated carbocycles. The molecule has 0 radical (unpaired) electrons. The predicted octanol–water partition coefficient (Wildman–Crippen LogP) is 15.8. The fourth-order valence-corrected chi connectivity index (χ4v) is 12.3. The molecular formula is C62H41NO2. The van der Waals surface area contributed by atoms with Crippen LogP contribution in [0.3, 0.4) is 0 Å². The zero-order chi connectivity index (χ0) is 42.7. The Balaban J connectivity index is 0.915. The van der Waals surface area contributed by atoms with E-state index < -0.39 is 10.8 Å². The first-order chi connectivity index (χ1) is 32.2. The van der Waals surface area contributed by atoms with E-state index in [9.17, 15) is 0 Å². The molecular weight excluding hydrogens is 791 g/mol. The van der Waals surface area contributed by atoms with Gasteiger partial charge in [0.1, 0.15) is 0 Å². The first-order valence-electron chi connectivity index (χ1n) is 22.7. The molecule has 0 atom stereocenters. The molecule has 1 spiro atoms. The molecule has 3 nitrogen and oxygen atoms in total. The zero-order valence-corrected chi connectivity index (χ0v) is 35.5. The van der Waals surface area contributed by atoms with E-state index >= 15 is 0 Å². The van der Waals surface area contributed by atoms with Gasteiger partial charge in [0.2, 0.25) is 0 Å². The normalized spacial score (nSPS) is 15.6. The smallest absolute Gasteiger partial charge is 0.178 e. The molecule has 14 rings (SSSR count).